The minimum absolute atomic E-state index is 0.0367. The fourth-order valence-corrected chi connectivity index (χ4v) is 8.20. The number of aliphatic hydroxyl groups is 4. The molecule has 1 fully saturated rings. The summed E-state index contributed by atoms with van der Waals surface area (Å²) < 4.78 is 5.26. The lowest BCUT2D eigenvalue weighted by Gasteiger charge is -2.28. The Morgan fingerprint density at radius 1 is 0.723 bits per heavy atom. The second-order valence-corrected chi connectivity index (χ2v) is 19.5. The molecule has 0 bridgehead atoms. The molecule has 9 amide bonds. The minimum atomic E-state index is -2.81. The predicted molar refractivity (Wildman–Crippen MR) is 297 cm³/mol. The van der Waals surface area contributed by atoms with Gasteiger partial charge >= 0.3 is 11.9 Å². The van der Waals surface area contributed by atoms with E-state index in [1.807, 2.05) is 17.6 Å². The standard InChI is InChI=1S/C51H81ClN14O17/c1-3-5-6-7-11-15-28(68)23-37(70)58-35-26-83-50(82)38(36(69)24-52)65-48(79)39(40(71)49(80)81)66-41(72)29(4-2)59-45(76)33(22-27-13-9-8-10-14-27)63-42(73)30(16-12-21-57-51(55)56)60-43(74)31(17-19-53)61-44(75)32(18-20-54)62-46(77)34(25-67)64-47(35)78/h4,8-10,13-14,28,30-36,38-40,67-69,71H,3,5-7,11-12,15-26,53-54H2,1-2H3,(H,58,70)(H,59,76)(H,60,74)(H,61,75)(H,62,77)(H,63,73)(H,64,78)(H,65,79)(H,66,72)(H,80,81)(H4,55,56,57). The molecule has 1 aromatic carbocycles. The Kier molecular flexibility index (Phi) is 33.0. The quantitative estimate of drug-likeness (QED) is 0.0114. The van der Waals surface area contributed by atoms with Crippen molar-refractivity contribution in [3.63, 3.8) is 0 Å². The Hall–Kier alpha value is -7.55. The summed E-state index contributed by atoms with van der Waals surface area (Å²) in [7, 11) is 0. The maximum atomic E-state index is 14.3. The molecule has 83 heavy (non-hydrogen) atoms. The Morgan fingerprint density at radius 2 is 1.28 bits per heavy atom. The van der Waals surface area contributed by atoms with Crippen molar-refractivity contribution in [3.8, 4) is 0 Å². The zero-order chi connectivity index (χ0) is 62.2. The average Bonchev–Trinajstić information content (AvgIpc) is 3.52. The molecule has 22 N–H and O–H groups in total. The molecule has 2 rings (SSSR count). The Balaban J connectivity index is 2.84. The highest BCUT2D eigenvalue weighted by Gasteiger charge is 2.40. The second kappa shape index (κ2) is 38.3. The number of nitrogens with two attached hydrogens (primary N) is 4. The number of carbonyl (C=O) groups excluding carboxylic acids is 10. The topological polar surface area (TPSA) is 523 Å². The van der Waals surface area contributed by atoms with Gasteiger partial charge in [-0.2, -0.15) is 0 Å². The van der Waals surface area contributed by atoms with Gasteiger partial charge in [0.15, 0.2) is 18.1 Å². The largest absolute Gasteiger partial charge is 0.479 e. The second-order valence-electron chi connectivity index (χ2n) is 19.2. The number of aliphatic imine (C=N–C) groups is 1. The van der Waals surface area contributed by atoms with E-state index in [0.717, 1.165) is 31.8 Å². The third-order valence-electron chi connectivity index (χ3n) is 12.6. The van der Waals surface area contributed by atoms with Crippen molar-refractivity contribution >= 4 is 82.7 Å². The van der Waals surface area contributed by atoms with Crippen LogP contribution < -0.4 is 70.8 Å². The van der Waals surface area contributed by atoms with Crippen LogP contribution in [0.25, 0.3) is 0 Å². The van der Waals surface area contributed by atoms with E-state index in [4.69, 9.17) is 39.3 Å². The Bertz CT molecular complexity index is 2400. The number of aliphatic carboxylic acids is 1. The zero-order valence-electron chi connectivity index (χ0n) is 46.3. The summed E-state index contributed by atoms with van der Waals surface area (Å²) in [4.78, 5) is 155. The van der Waals surface area contributed by atoms with Crippen molar-refractivity contribution in [2.75, 3.05) is 38.7 Å². The number of nitrogens with one attached hydrogen (secondary N) is 9. The summed E-state index contributed by atoms with van der Waals surface area (Å²) in [6, 6.07) is -6.93. The van der Waals surface area contributed by atoms with E-state index >= 15 is 0 Å². The number of benzene rings is 1. The van der Waals surface area contributed by atoms with E-state index in [1.165, 1.54) is 6.92 Å². The number of carboxylic acid groups (broad SMARTS) is 1. The number of ether oxygens (including phenoxy) is 1. The molecule has 1 aliphatic heterocycles. The van der Waals surface area contributed by atoms with Gasteiger partial charge in [0, 0.05) is 13.0 Å². The number of cyclic esters (lactones) is 1. The van der Waals surface area contributed by atoms with Crippen LogP contribution in [0.2, 0.25) is 0 Å². The molecule has 31 nitrogen and oxygen atoms in total. The van der Waals surface area contributed by atoms with Crippen LogP contribution in [0.15, 0.2) is 47.1 Å². The first kappa shape index (κ1) is 71.6. The normalized spacial score (nSPS) is 24.0. The highest BCUT2D eigenvalue weighted by molar-refractivity contribution is 6.18. The number of hydrogen-bond donors (Lipinski definition) is 18. The lowest BCUT2D eigenvalue weighted by molar-refractivity contribution is -0.155. The van der Waals surface area contributed by atoms with E-state index in [1.54, 1.807) is 30.3 Å². The van der Waals surface area contributed by atoms with Gasteiger partial charge in [0.2, 0.25) is 47.3 Å². The van der Waals surface area contributed by atoms with Crippen molar-refractivity contribution in [2.45, 2.75) is 158 Å². The first-order valence-corrected chi connectivity index (χ1v) is 27.5. The number of carbonyl (C=O) groups is 11. The molecular formula is C51H81ClN14O17. The fourth-order valence-electron chi connectivity index (χ4n) is 8.02. The first-order valence-electron chi connectivity index (χ1n) is 26.9. The van der Waals surface area contributed by atoms with Crippen LogP contribution in [-0.2, 0) is 63.9 Å². The predicted octanol–water partition coefficient (Wildman–Crippen LogP) is -6.42. The number of alkyl halides is 1. The van der Waals surface area contributed by atoms with Crippen molar-refractivity contribution in [1.29, 1.82) is 0 Å². The molecule has 0 radical (unpaired) electrons. The molecule has 0 spiro atoms. The van der Waals surface area contributed by atoms with Crippen molar-refractivity contribution < 1.29 is 83.0 Å². The maximum absolute atomic E-state index is 14.3. The number of unbranched alkanes of at least 4 members (excludes halogenated alkanes) is 4. The zero-order valence-corrected chi connectivity index (χ0v) is 47.1. The summed E-state index contributed by atoms with van der Waals surface area (Å²) in [6.07, 6.45) is -2.48. The summed E-state index contributed by atoms with van der Waals surface area (Å²) in [5.74, 6) is -15.6. The van der Waals surface area contributed by atoms with E-state index in [2.05, 4.69) is 42.2 Å². The number of nitrogens with zero attached hydrogens (tertiary/aromatic N) is 1. The van der Waals surface area contributed by atoms with Gasteiger partial charge < -0.3 is 101 Å². The number of halogens is 1. The molecule has 1 aliphatic rings. The molecule has 0 aromatic heterocycles. The monoisotopic (exact) mass is 1200 g/mol. The number of hydrogen-bond acceptors (Lipinski definition) is 19. The molecule has 464 valence electrons. The molecule has 1 aromatic rings. The van der Waals surface area contributed by atoms with Gasteiger partial charge in [0.1, 0.15) is 54.6 Å². The number of aliphatic hydroxyl groups excluding tert-OH is 4. The van der Waals surface area contributed by atoms with Gasteiger partial charge in [-0.25, -0.2) is 9.59 Å². The van der Waals surface area contributed by atoms with Gasteiger partial charge in [-0.1, -0.05) is 75.4 Å². The molecule has 0 aliphatic carbocycles. The number of amides is 9. The smallest absolute Gasteiger partial charge is 0.335 e. The third-order valence-corrected chi connectivity index (χ3v) is 12.9. The van der Waals surface area contributed by atoms with E-state index < -0.39 is 163 Å². The molecule has 11 unspecified atom stereocenters. The summed E-state index contributed by atoms with van der Waals surface area (Å²) in [6.45, 7) is 0.347. The number of esters is 1. The van der Waals surface area contributed by atoms with Crippen LogP contribution in [0.5, 0.6) is 0 Å². The van der Waals surface area contributed by atoms with Gasteiger partial charge in [-0.15, -0.1) is 11.6 Å². The van der Waals surface area contributed by atoms with E-state index in [0.29, 0.717) is 12.0 Å². The van der Waals surface area contributed by atoms with Crippen LogP contribution in [0.4, 0.5) is 0 Å². The van der Waals surface area contributed by atoms with Gasteiger partial charge in [0.05, 0.1) is 31.1 Å². The van der Waals surface area contributed by atoms with Crippen molar-refractivity contribution in [3.05, 3.63) is 47.7 Å². The number of allylic oxidation sites excluding steroid dienone is 1. The van der Waals surface area contributed by atoms with Crippen LogP contribution in [0, 0.1) is 0 Å². The van der Waals surface area contributed by atoms with Gasteiger partial charge in [-0.05, 0) is 57.7 Å². The van der Waals surface area contributed by atoms with Crippen molar-refractivity contribution in [1.82, 2.24) is 47.9 Å². The third kappa shape index (κ3) is 25.6. The van der Waals surface area contributed by atoms with Gasteiger partial charge in [0.25, 0.3) is 5.91 Å². The first-order chi connectivity index (χ1) is 39.4. The van der Waals surface area contributed by atoms with Crippen LogP contribution in [0.1, 0.15) is 90.0 Å². The number of rotatable bonds is 24. The lowest BCUT2D eigenvalue weighted by atomic mass is 10.0. The van der Waals surface area contributed by atoms with Crippen molar-refractivity contribution in [2.24, 2.45) is 27.9 Å². The van der Waals surface area contributed by atoms with Crippen LogP contribution >= 0.6 is 11.6 Å². The Morgan fingerprint density at radius 3 is 1.81 bits per heavy atom. The SMILES string of the molecule is CC=C1NC(=O)C(Cc2ccccc2)NC(=O)C(CCCN=C(N)N)NC(=O)C(CCN)NC(=O)C(CCN)NC(=O)C(CO)NC(=O)C(NC(=O)CC(O)CCCCCCC)COC(=O)C(C(O)CCl)NC(=O)C(C(O)C(=O)O)NC1=O. The van der Waals surface area contributed by atoms with E-state index in [9.17, 15) is 78.3 Å². The number of guanidine groups is 1. The van der Waals surface area contributed by atoms with Gasteiger partial charge in [-0.3, -0.25) is 48.1 Å². The molecule has 1 heterocycles. The highest BCUT2D eigenvalue weighted by atomic mass is 35.5. The summed E-state index contributed by atoms with van der Waals surface area (Å²) in [5.41, 5.74) is 22.4. The van der Waals surface area contributed by atoms with Crippen LogP contribution in [-0.4, -0.2) is 202 Å². The maximum Gasteiger partial charge on any atom is 0.335 e. The van der Waals surface area contributed by atoms with Crippen LogP contribution in [0.3, 0.4) is 0 Å². The summed E-state index contributed by atoms with van der Waals surface area (Å²) in [5, 5.41) is 72.9. The van der Waals surface area contributed by atoms with E-state index in [-0.39, 0.29) is 64.1 Å². The average molecular weight is 1200 g/mol. The minimum Gasteiger partial charge on any atom is -0.479 e. The molecule has 32 heteroatoms. The molecule has 0 saturated carbocycles. The lowest BCUT2D eigenvalue weighted by Crippen LogP contribution is -2.62. The molecular weight excluding hydrogens is 1120 g/mol. The molecule has 1 saturated heterocycles. The fraction of sp³-hybridized carbons (Fsp3) is 0.608. The Labute approximate surface area is 484 Å². The summed E-state index contributed by atoms with van der Waals surface area (Å²) >= 11 is 5.87. The molecule has 11 atom stereocenters. The highest BCUT2D eigenvalue weighted by Crippen LogP contribution is 2.12. The number of carboxylic acids is 1.